The summed E-state index contributed by atoms with van der Waals surface area (Å²) in [5, 5.41) is 8.82. The molecule has 1 heterocycles. The third kappa shape index (κ3) is 3.27. The molecule has 1 unspecified atom stereocenters. The molecule has 1 fully saturated rings. The molecule has 0 radical (unpaired) electrons. The van der Waals surface area contributed by atoms with Gasteiger partial charge in [0.2, 0.25) is 5.91 Å². The Hall–Kier alpha value is -0.690. The standard InChI is InChI=1S/C7H15N3O3/c8-9-7(12)4-10-1-2-13-6(3-10)5-11/h6,11H,1-5,8H2,(H,9,12). The first-order chi connectivity index (χ1) is 6.26. The van der Waals surface area contributed by atoms with Crippen LogP contribution in [0.15, 0.2) is 0 Å². The van der Waals surface area contributed by atoms with Gasteiger partial charge >= 0.3 is 0 Å². The molecule has 0 saturated carbocycles. The van der Waals surface area contributed by atoms with Gasteiger partial charge < -0.3 is 9.84 Å². The van der Waals surface area contributed by atoms with E-state index in [2.05, 4.69) is 5.43 Å². The molecule has 0 aromatic heterocycles. The van der Waals surface area contributed by atoms with E-state index in [1.807, 2.05) is 4.90 Å². The molecule has 0 aromatic carbocycles. The van der Waals surface area contributed by atoms with E-state index in [1.54, 1.807) is 0 Å². The molecule has 1 amide bonds. The zero-order valence-corrected chi connectivity index (χ0v) is 7.40. The highest BCUT2D eigenvalue weighted by Crippen LogP contribution is 2.03. The molecular formula is C7H15N3O3. The summed E-state index contributed by atoms with van der Waals surface area (Å²) in [5.74, 6) is 4.73. The van der Waals surface area contributed by atoms with E-state index < -0.39 is 0 Å². The highest BCUT2D eigenvalue weighted by atomic mass is 16.5. The molecule has 0 bridgehead atoms. The number of ether oxygens (including phenoxy) is 1. The highest BCUT2D eigenvalue weighted by Gasteiger charge is 2.20. The third-order valence-corrected chi connectivity index (χ3v) is 1.95. The smallest absolute Gasteiger partial charge is 0.248 e. The Morgan fingerprint density at radius 1 is 1.77 bits per heavy atom. The van der Waals surface area contributed by atoms with Gasteiger partial charge in [-0.3, -0.25) is 15.1 Å². The van der Waals surface area contributed by atoms with Gasteiger partial charge in [-0.1, -0.05) is 0 Å². The summed E-state index contributed by atoms with van der Waals surface area (Å²) in [4.78, 5) is 12.8. The summed E-state index contributed by atoms with van der Waals surface area (Å²) in [5.41, 5.74) is 2.06. The van der Waals surface area contributed by atoms with Crippen molar-refractivity contribution in [3.63, 3.8) is 0 Å². The van der Waals surface area contributed by atoms with Gasteiger partial charge in [0.1, 0.15) is 0 Å². The van der Waals surface area contributed by atoms with Gasteiger partial charge in [0, 0.05) is 13.1 Å². The SMILES string of the molecule is NNC(=O)CN1CCOC(CO)C1. The number of carbonyl (C=O) groups excluding carboxylic acids is 1. The maximum Gasteiger partial charge on any atom is 0.248 e. The van der Waals surface area contributed by atoms with Gasteiger partial charge in [-0.15, -0.1) is 0 Å². The molecule has 1 saturated heterocycles. The minimum Gasteiger partial charge on any atom is -0.394 e. The molecule has 6 nitrogen and oxygen atoms in total. The first-order valence-electron chi connectivity index (χ1n) is 4.20. The van der Waals surface area contributed by atoms with Crippen molar-refractivity contribution in [3.8, 4) is 0 Å². The maximum atomic E-state index is 10.9. The van der Waals surface area contributed by atoms with Crippen molar-refractivity contribution in [2.45, 2.75) is 6.10 Å². The van der Waals surface area contributed by atoms with E-state index >= 15 is 0 Å². The number of nitrogens with two attached hydrogens (primary N) is 1. The number of hydrazine groups is 1. The number of hydrogen-bond donors (Lipinski definition) is 3. The van der Waals surface area contributed by atoms with Crippen LogP contribution in [0.2, 0.25) is 0 Å². The average Bonchev–Trinajstić information content (AvgIpc) is 2.18. The summed E-state index contributed by atoms with van der Waals surface area (Å²) < 4.78 is 5.22. The lowest BCUT2D eigenvalue weighted by Gasteiger charge is -2.31. The number of amides is 1. The van der Waals surface area contributed by atoms with Crippen LogP contribution in [-0.4, -0.2) is 54.9 Å². The Morgan fingerprint density at radius 2 is 2.54 bits per heavy atom. The fourth-order valence-corrected chi connectivity index (χ4v) is 1.28. The number of morpholine rings is 1. The number of aliphatic hydroxyl groups excluding tert-OH is 1. The van der Waals surface area contributed by atoms with E-state index in [1.165, 1.54) is 0 Å². The second kappa shape index (κ2) is 5.13. The van der Waals surface area contributed by atoms with Crippen LogP contribution in [0.25, 0.3) is 0 Å². The summed E-state index contributed by atoms with van der Waals surface area (Å²) in [6, 6.07) is 0. The molecule has 76 valence electrons. The lowest BCUT2D eigenvalue weighted by molar-refractivity contribution is -0.125. The molecule has 0 aliphatic carbocycles. The first kappa shape index (κ1) is 10.4. The van der Waals surface area contributed by atoms with Crippen molar-refractivity contribution in [3.05, 3.63) is 0 Å². The van der Waals surface area contributed by atoms with E-state index in [9.17, 15) is 4.79 Å². The number of carbonyl (C=O) groups is 1. The van der Waals surface area contributed by atoms with Crippen molar-refractivity contribution in [1.82, 2.24) is 10.3 Å². The topological polar surface area (TPSA) is 87.8 Å². The van der Waals surface area contributed by atoms with Crippen LogP contribution >= 0.6 is 0 Å². The summed E-state index contributed by atoms with van der Waals surface area (Å²) in [7, 11) is 0. The van der Waals surface area contributed by atoms with Crippen molar-refractivity contribution in [2.75, 3.05) is 32.8 Å². The van der Waals surface area contributed by atoms with E-state index in [0.717, 1.165) is 0 Å². The summed E-state index contributed by atoms with van der Waals surface area (Å²) >= 11 is 0. The van der Waals surface area contributed by atoms with Crippen LogP contribution in [0.5, 0.6) is 0 Å². The van der Waals surface area contributed by atoms with Crippen molar-refractivity contribution < 1.29 is 14.6 Å². The van der Waals surface area contributed by atoms with Gasteiger partial charge in [-0.25, -0.2) is 5.84 Å². The lowest BCUT2D eigenvalue weighted by Crippen LogP contribution is -2.48. The third-order valence-electron chi connectivity index (χ3n) is 1.95. The maximum absolute atomic E-state index is 10.9. The largest absolute Gasteiger partial charge is 0.394 e. The number of hydrogen-bond acceptors (Lipinski definition) is 5. The van der Waals surface area contributed by atoms with Crippen molar-refractivity contribution in [2.24, 2.45) is 5.84 Å². The van der Waals surface area contributed by atoms with Crippen LogP contribution < -0.4 is 11.3 Å². The normalized spacial score (nSPS) is 24.3. The second-order valence-electron chi connectivity index (χ2n) is 2.98. The first-order valence-corrected chi connectivity index (χ1v) is 4.20. The average molecular weight is 189 g/mol. The van der Waals surface area contributed by atoms with Crippen LogP contribution in [0, 0.1) is 0 Å². The quantitative estimate of drug-likeness (QED) is 0.263. The molecule has 1 atom stereocenters. The zero-order valence-electron chi connectivity index (χ0n) is 7.40. The molecule has 1 aliphatic rings. The van der Waals surface area contributed by atoms with Gasteiger partial charge in [0.25, 0.3) is 0 Å². The molecule has 0 spiro atoms. The van der Waals surface area contributed by atoms with Crippen LogP contribution in [-0.2, 0) is 9.53 Å². The predicted molar refractivity (Wildman–Crippen MR) is 45.6 cm³/mol. The van der Waals surface area contributed by atoms with Gasteiger partial charge in [-0.05, 0) is 0 Å². The number of rotatable bonds is 3. The van der Waals surface area contributed by atoms with Gasteiger partial charge in [0.05, 0.1) is 25.9 Å². The molecule has 1 aliphatic heterocycles. The second-order valence-corrected chi connectivity index (χ2v) is 2.98. The van der Waals surface area contributed by atoms with Gasteiger partial charge in [-0.2, -0.15) is 0 Å². The fourth-order valence-electron chi connectivity index (χ4n) is 1.28. The van der Waals surface area contributed by atoms with Gasteiger partial charge in [0.15, 0.2) is 0 Å². The molecule has 13 heavy (non-hydrogen) atoms. The molecular weight excluding hydrogens is 174 g/mol. The molecule has 0 aromatic rings. The number of aliphatic hydroxyl groups is 1. The number of nitrogens with zero attached hydrogens (tertiary/aromatic N) is 1. The lowest BCUT2D eigenvalue weighted by atomic mass is 10.3. The van der Waals surface area contributed by atoms with Crippen molar-refractivity contribution >= 4 is 5.91 Å². The Bertz CT molecular complexity index is 176. The van der Waals surface area contributed by atoms with E-state index in [-0.39, 0.29) is 25.2 Å². The summed E-state index contributed by atoms with van der Waals surface area (Å²) in [6.07, 6.45) is -0.181. The molecule has 4 N–H and O–H groups in total. The summed E-state index contributed by atoms with van der Waals surface area (Å²) in [6.45, 7) is 2.06. The van der Waals surface area contributed by atoms with Crippen molar-refractivity contribution in [1.29, 1.82) is 0 Å². The minimum atomic E-state index is -0.224. The monoisotopic (exact) mass is 189 g/mol. The van der Waals surface area contributed by atoms with E-state index in [0.29, 0.717) is 19.7 Å². The predicted octanol–water partition coefficient (Wildman–Crippen LogP) is -2.33. The fraction of sp³-hybridized carbons (Fsp3) is 0.857. The highest BCUT2D eigenvalue weighted by molar-refractivity contribution is 5.77. The Balaban J connectivity index is 2.29. The Kier molecular flexibility index (Phi) is 4.10. The van der Waals surface area contributed by atoms with E-state index in [4.69, 9.17) is 15.7 Å². The molecule has 1 rings (SSSR count). The van der Waals surface area contributed by atoms with Crippen LogP contribution in [0.1, 0.15) is 0 Å². The zero-order chi connectivity index (χ0) is 9.68. The number of nitrogens with one attached hydrogen (secondary N) is 1. The van der Waals surface area contributed by atoms with Crippen LogP contribution in [0.4, 0.5) is 0 Å². The molecule has 6 heteroatoms. The Labute approximate surface area is 76.6 Å². The Morgan fingerprint density at radius 3 is 3.15 bits per heavy atom. The minimum absolute atomic E-state index is 0.0132. The van der Waals surface area contributed by atoms with Crippen LogP contribution in [0.3, 0.4) is 0 Å².